The molecule has 0 spiro atoms. The smallest absolute Gasteiger partial charge is 0.0594 e. The Balaban J connectivity index is 1.78. The second kappa shape index (κ2) is 7.84. The topological polar surface area (TPSA) is 4.93 Å². The van der Waals surface area contributed by atoms with Gasteiger partial charge in [-0.2, -0.15) is 0 Å². The maximum Gasteiger partial charge on any atom is 0.0594 e. The highest BCUT2D eigenvalue weighted by Crippen LogP contribution is 2.43. The van der Waals surface area contributed by atoms with Gasteiger partial charge in [0.2, 0.25) is 0 Å². The van der Waals surface area contributed by atoms with Crippen molar-refractivity contribution in [3.63, 3.8) is 0 Å². The van der Waals surface area contributed by atoms with Crippen LogP contribution >= 0.6 is 11.8 Å². The lowest BCUT2D eigenvalue weighted by molar-refractivity contribution is 0.700. The van der Waals surface area contributed by atoms with Crippen LogP contribution < -0.4 is 0 Å². The Bertz CT molecular complexity index is 933. The number of fused-ring (bicyclic) bond motifs is 1. The third-order valence-electron chi connectivity index (χ3n) is 4.67. The number of thioether (sulfide) groups is 1. The van der Waals surface area contributed by atoms with Gasteiger partial charge in [0.15, 0.2) is 0 Å². The van der Waals surface area contributed by atoms with Crippen LogP contribution in [0.15, 0.2) is 96.0 Å². The number of rotatable bonds is 6. The molecular weight excluding hydrogens is 334 g/mol. The van der Waals surface area contributed by atoms with Crippen molar-refractivity contribution >= 4 is 22.7 Å². The monoisotopic (exact) mass is 357 g/mol. The minimum absolute atomic E-state index is 0.290. The van der Waals surface area contributed by atoms with Crippen LogP contribution in [0.25, 0.3) is 10.9 Å². The van der Waals surface area contributed by atoms with Crippen LogP contribution in [-0.2, 0) is 6.54 Å². The summed E-state index contributed by atoms with van der Waals surface area (Å²) in [5, 5.41) is 1.64. The van der Waals surface area contributed by atoms with Crippen molar-refractivity contribution in [2.75, 3.05) is 0 Å². The number of hydrogen-bond acceptors (Lipinski definition) is 1. The lowest BCUT2D eigenvalue weighted by atomic mass is 10.0. The number of hydrogen-bond donors (Lipinski definition) is 0. The zero-order valence-corrected chi connectivity index (χ0v) is 15.8. The van der Waals surface area contributed by atoms with Crippen LogP contribution in [0.4, 0.5) is 0 Å². The Morgan fingerprint density at radius 3 is 1.96 bits per heavy atom. The van der Waals surface area contributed by atoms with E-state index in [1.807, 2.05) is 11.8 Å². The summed E-state index contributed by atoms with van der Waals surface area (Å²) in [6.45, 7) is 3.29. The molecule has 0 radical (unpaired) electrons. The van der Waals surface area contributed by atoms with E-state index in [0.29, 0.717) is 5.25 Å². The van der Waals surface area contributed by atoms with Gasteiger partial charge in [0.05, 0.1) is 5.25 Å². The van der Waals surface area contributed by atoms with Crippen LogP contribution in [0.2, 0.25) is 0 Å². The van der Waals surface area contributed by atoms with Crippen molar-refractivity contribution in [1.82, 2.24) is 4.57 Å². The molecule has 1 heterocycles. The van der Waals surface area contributed by atoms with E-state index in [-0.39, 0.29) is 0 Å². The highest BCUT2D eigenvalue weighted by Gasteiger charge is 2.18. The summed E-state index contributed by atoms with van der Waals surface area (Å²) in [6.07, 6.45) is 3.47. The summed E-state index contributed by atoms with van der Waals surface area (Å²) < 4.78 is 2.39. The van der Waals surface area contributed by atoms with Gasteiger partial charge in [-0.05, 0) is 23.6 Å². The molecule has 0 atom stereocenters. The Morgan fingerprint density at radius 1 is 0.769 bits per heavy atom. The fraction of sp³-hybridized carbons (Fsp3) is 0.167. The molecule has 0 bridgehead atoms. The molecule has 0 saturated heterocycles. The first kappa shape index (κ1) is 17.0. The van der Waals surface area contributed by atoms with Gasteiger partial charge in [0.1, 0.15) is 0 Å². The van der Waals surface area contributed by atoms with Crippen LogP contribution in [-0.4, -0.2) is 4.57 Å². The second-order valence-corrected chi connectivity index (χ2v) is 7.67. The summed E-state index contributed by atoms with van der Waals surface area (Å²) in [5.74, 6) is 0. The SMILES string of the molecule is CCCn1cc(SC(c2ccccc2)c2ccccc2)c2ccccc21. The summed E-state index contributed by atoms with van der Waals surface area (Å²) in [7, 11) is 0. The Kier molecular flexibility index (Phi) is 5.12. The fourth-order valence-corrected chi connectivity index (χ4v) is 4.77. The Labute approximate surface area is 159 Å². The van der Waals surface area contributed by atoms with Gasteiger partial charge in [-0.25, -0.2) is 0 Å². The molecular formula is C24H23NS. The van der Waals surface area contributed by atoms with Gasteiger partial charge in [0.25, 0.3) is 0 Å². The van der Waals surface area contributed by atoms with Gasteiger partial charge in [-0.3, -0.25) is 0 Å². The predicted octanol–water partition coefficient (Wildman–Crippen LogP) is 6.93. The number of benzene rings is 3. The summed E-state index contributed by atoms with van der Waals surface area (Å²) >= 11 is 1.95. The van der Waals surface area contributed by atoms with Crippen molar-refractivity contribution in [3.8, 4) is 0 Å². The largest absolute Gasteiger partial charge is 0.346 e. The van der Waals surface area contributed by atoms with E-state index in [2.05, 4.69) is 103 Å². The van der Waals surface area contributed by atoms with Gasteiger partial charge in [-0.15, -0.1) is 11.8 Å². The third kappa shape index (κ3) is 3.42. The number of aromatic nitrogens is 1. The maximum atomic E-state index is 2.39. The molecule has 26 heavy (non-hydrogen) atoms. The molecule has 130 valence electrons. The maximum absolute atomic E-state index is 2.39. The molecule has 0 N–H and O–H groups in total. The summed E-state index contributed by atoms with van der Waals surface area (Å²) in [6, 6.07) is 30.4. The van der Waals surface area contributed by atoms with E-state index in [1.165, 1.54) is 26.9 Å². The molecule has 0 aliphatic rings. The molecule has 2 heteroatoms. The number of para-hydroxylation sites is 1. The first-order chi connectivity index (χ1) is 12.9. The molecule has 0 saturated carbocycles. The van der Waals surface area contributed by atoms with Crippen LogP contribution in [0.3, 0.4) is 0 Å². The predicted molar refractivity (Wildman–Crippen MR) is 113 cm³/mol. The van der Waals surface area contributed by atoms with Gasteiger partial charge >= 0.3 is 0 Å². The van der Waals surface area contributed by atoms with Crippen molar-refractivity contribution in [1.29, 1.82) is 0 Å². The lowest BCUT2D eigenvalue weighted by Gasteiger charge is -2.17. The quantitative estimate of drug-likeness (QED) is 0.339. The van der Waals surface area contributed by atoms with Gasteiger partial charge in [0, 0.05) is 28.5 Å². The summed E-state index contributed by atoms with van der Waals surface area (Å²) in [4.78, 5) is 1.35. The third-order valence-corrected chi connectivity index (χ3v) is 6.03. The van der Waals surface area contributed by atoms with E-state index in [9.17, 15) is 0 Å². The van der Waals surface area contributed by atoms with Crippen molar-refractivity contribution in [3.05, 3.63) is 102 Å². The van der Waals surface area contributed by atoms with E-state index < -0.39 is 0 Å². The van der Waals surface area contributed by atoms with Crippen LogP contribution in [0, 0.1) is 0 Å². The van der Waals surface area contributed by atoms with Crippen molar-refractivity contribution in [2.45, 2.75) is 30.0 Å². The average Bonchev–Trinajstić information content (AvgIpc) is 3.05. The minimum Gasteiger partial charge on any atom is -0.346 e. The molecule has 3 aromatic carbocycles. The minimum atomic E-state index is 0.290. The Morgan fingerprint density at radius 2 is 1.35 bits per heavy atom. The molecule has 4 rings (SSSR count). The first-order valence-electron chi connectivity index (χ1n) is 9.21. The standard InChI is InChI=1S/C24H23NS/c1-2-17-25-18-23(21-15-9-10-16-22(21)25)26-24(19-11-5-3-6-12-19)20-13-7-4-8-14-20/h3-16,18,24H,2,17H2,1H3. The average molecular weight is 358 g/mol. The van der Waals surface area contributed by atoms with Crippen LogP contribution in [0.1, 0.15) is 29.7 Å². The fourth-order valence-electron chi connectivity index (χ4n) is 3.44. The van der Waals surface area contributed by atoms with Crippen molar-refractivity contribution < 1.29 is 0 Å². The zero-order chi connectivity index (χ0) is 17.8. The number of nitrogens with zero attached hydrogens (tertiary/aromatic N) is 1. The van der Waals surface area contributed by atoms with Crippen molar-refractivity contribution in [2.24, 2.45) is 0 Å². The molecule has 0 unspecified atom stereocenters. The normalized spacial score (nSPS) is 11.3. The molecule has 0 aliphatic heterocycles. The molecule has 4 aromatic rings. The molecule has 0 aliphatic carbocycles. The molecule has 0 amide bonds. The van der Waals surface area contributed by atoms with E-state index in [0.717, 1.165) is 13.0 Å². The van der Waals surface area contributed by atoms with E-state index in [4.69, 9.17) is 0 Å². The molecule has 1 aromatic heterocycles. The zero-order valence-electron chi connectivity index (χ0n) is 15.0. The highest BCUT2D eigenvalue weighted by atomic mass is 32.2. The van der Waals surface area contributed by atoms with Gasteiger partial charge in [-0.1, -0.05) is 85.8 Å². The summed E-state index contributed by atoms with van der Waals surface area (Å²) in [5.41, 5.74) is 4.02. The molecule has 1 nitrogen and oxygen atoms in total. The van der Waals surface area contributed by atoms with E-state index >= 15 is 0 Å². The first-order valence-corrected chi connectivity index (χ1v) is 10.1. The van der Waals surface area contributed by atoms with Gasteiger partial charge < -0.3 is 4.57 Å². The Hall–Kier alpha value is -2.45. The van der Waals surface area contributed by atoms with Crippen LogP contribution in [0.5, 0.6) is 0 Å². The second-order valence-electron chi connectivity index (χ2n) is 6.52. The highest BCUT2D eigenvalue weighted by molar-refractivity contribution is 8.00. The lowest BCUT2D eigenvalue weighted by Crippen LogP contribution is -1.96. The van der Waals surface area contributed by atoms with E-state index in [1.54, 1.807) is 0 Å². The number of aryl methyl sites for hydroxylation is 1. The molecule has 0 fully saturated rings.